The van der Waals surface area contributed by atoms with Crippen molar-refractivity contribution in [3.8, 4) is 5.13 Å². The largest absolute Gasteiger partial charge is 0.346 e. The second kappa shape index (κ2) is 7.75. The number of anilines is 1. The first-order valence-corrected chi connectivity index (χ1v) is 10.3. The third-order valence-corrected chi connectivity index (χ3v) is 6.40. The minimum atomic E-state index is 0.0795. The summed E-state index contributed by atoms with van der Waals surface area (Å²) < 4.78 is 1.97. The van der Waals surface area contributed by atoms with E-state index in [-0.39, 0.29) is 5.92 Å². The van der Waals surface area contributed by atoms with Crippen molar-refractivity contribution in [2.24, 2.45) is 5.92 Å². The number of piperidine rings is 1. The number of nitrogens with zero attached hydrogens (tertiary/aromatic N) is 6. The molecule has 0 spiro atoms. The summed E-state index contributed by atoms with van der Waals surface area (Å²) in [6, 6.07) is 3.96. The fraction of sp³-hybridized carbons (Fsp3) is 0.611. The smallest absolute Gasteiger partial charge is 0.227 e. The zero-order valence-electron chi connectivity index (χ0n) is 15.3. The van der Waals surface area contributed by atoms with Crippen LogP contribution >= 0.6 is 11.3 Å². The molecule has 0 N–H and O–H groups in total. The van der Waals surface area contributed by atoms with E-state index >= 15 is 0 Å². The standard InChI is InChI=1S/C18H26N6OS/c1-2-21-10-12-22(13-11-21)16(25)15-6-5-9-24(14-15)18-20-19-17(26-18)23-7-3-4-8-23/h3-4,7-8,15H,2,5-6,9-14H2,1H3/t15-/m0/s1. The summed E-state index contributed by atoms with van der Waals surface area (Å²) in [6.07, 6.45) is 5.96. The lowest BCUT2D eigenvalue weighted by molar-refractivity contribution is -0.137. The van der Waals surface area contributed by atoms with E-state index in [1.807, 2.05) is 29.1 Å². The first-order valence-electron chi connectivity index (χ1n) is 9.47. The molecule has 2 fully saturated rings. The monoisotopic (exact) mass is 374 g/mol. The SMILES string of the molecule is CCN1CCN(C(=O)[C@H]2CCCN(c3nnc(-n4cccc4)s3)C2)CC1. The molecule has 7 nitrogen and oxygen atoms in total. The van der Waals surface area contributed by atoms with Crippen LogP contribution in [0.15, 0.2) is 24.5 Å². The third kappa shape index (κ3) is 3.61. The van der Waals surface area contributed by atoms with E-state index in [9.17, 15) is 4.79 Å². The summed E-state index contributed by atoms with van der Waals surface area (Å²) in [5.74, 6) is 0.399. The highest BCUT2D eigenvalue weighted by atomic mass is 32.1. The molecule has 1 atom stereocenters. The molecule has 0 radical (unpaired) electrons. The van der Waals surface area contributed by atoms with E-state index in [4.69, 9.17) is 0 Å². The lowest BCUT2D eigenvalue weighted by Gasteiger charge is -2.38. The van der Waals surface area contributed by atoms with E-state index in [1.165, 1.54) is 0 Å². The van der Waals surface area contributed by atoms with Gasteiger partial charge in [0, 0.05) is 51.7 Å². The Kier molecular flexibility index (Phi) is 5.21. The number of piperazine rings is 1. The maximum atomic E-state index is 13.0. The average Bonchev–Trinajstić information content (AvgIpc) is 3.39. The van der Waals surface area contributed by atoms with Gasteiger partial charge in [-0.3, -0.25) is 9.36 Å². The van der Waals surface area contributed by atoms with Crippen molar-refractivity contribution in [1.29, 1.82) is 0 Å². The van der Waals surface area contributed by atoms with Gasteiger partial charge < -0.3 is 14.7 Å². The van der Waals surface area contributed by atoms with Gasteiger partial charge in [0.25, 0.3) is 0 Å². The summed E-state index contributed by atoms with van der Waals surface area (Å²) in [5, 5.41) is 10.5. The molecule has 2 aromatic heterocycles. The van der Waals surface area contributed by atoms with E-state index in [2.05, 4.69) is 31.8 Å². The van der Waals surface area contributed by atoms with Crippen LogP contribution in [0.1, 0.15) is 19.8 Å². The lowest BCUT2D eigenvalue weighted by atomic mass is 9.96. The van der Waals surface area contributed by atoms with Crippen LogP contribution in [-0.4, -0.2) is 76.3 Å². The van der Waals surface area contributed by atoms with E-state index < -0.39 is 0 Å². The molecule has 2 saturated heterocycles. The number of likely N-dealkylation sites (N-methyl/N-ethyl adjacent to an activating group) is 1. The Morgan fingerprint density at radius 2 is 1.85 bits per heavy atom. The molecule has 2 aromatic rings. The maximum Gasteiger partial charge on any atom is 0.227 e. The normalized spacial score (nSPS) is 22.0. The number of aromatic nitrogens is 3. The number of hydrogen-bond acceptors (Lipinski definition) is 6. The molecule has 2 aliphatic rings. The predicted molar refractivity (Wildman–Crippen MR) is 103 cm³/mol. The van der Waals surface area contributed by atoms with Crippen molar-refractivity contribution in [3.63, 3.8) is 0 Å². The number of rotatable bonds is 4. The van der Waals surface area contributed by atoms with Gasteiger partial charge in [0.15, 0.2) is 0 Å². The van der Waals surface area contributed by atoms with Gasteiger partial charge in [-0.25, -0.2) is 0 Å². The van der Waals surface area contributed by atoms with Crippen LogP contribution in [0.4, 0.5) is 5.13 Å². The van der Waals surface area contributed by atoms with Crippen LogP contribution < -0.4 is 4.90 Å². The van der Waals surface area contributed by atoms with Gasteiger partial charge >= 0.3 is 0 Å². The summed E-state index contributed by atoms with van der Waals surface area (Å²) in [6.45, 7) is 8.67. The van der Waals surface area contributed by atoms with E-state index in [0.29, 0.717) is 5.91 Å². The van der Waals surface area contributed by atoms with Crippen LogP contribution in [0.25, 0.3) is 5.13 Å². The molecule has 1 amide bonds. The summed E-state index contributed by atoms with van der Waals surface area (Å²) in [5.41, 5.74) is 0. The van der Waals surface area contributed by atoms with Gasteiger partial charge in [0.1, 0.15) is 0 Å². The minimum Gasteiger partial charge on any atom is -0.346 e. The zero-order chi connectivity index (χ0) is 17.9. The van der Waals surface area contributed by atoms with Crippen molar-refractivity contribution in [1.82, 2.24) is 24.6 Å². The molecule has 2 aliphatic heterocycles. The molecule has 4 rings (SSSR count). The fourth-order valence-electron chi connectivity index (χ4n) is 3.80. The number of carbonyl (C=O) groups excluding carboxylic acids is 1. The molecule has 26 heavy (non-hydrogen) atoms. The first-order chi connectivity index (χ1) is 12.7. The second-order valence-electron chi connectivity index (χ2n) is 7.00. The fourth-order valence-corrected chi connectivity index (χ4v) is 4.65. The van der Waals surface area contributed by atoms with Crippen molar-refractivity contribution in [2.45, 2.75) is 19.8 Å². The maximum absolute atomic E-state index is 13.0. The van der Waals surface area contributed by atoms with Gasteiger partial charge in [-0.2, -0.15) is 0 Å². The van der Waals surface area contributed by atoms with Gasteiger partial charge in [-0.1, -0.05) is 18.3 Å². The highest BCUT2D eigenvalue weighted by molar-refractivity contribution is 7.17. The highest BCUT2D eigenvalue weighted by Gasteiger charge is 2.32. The Hall–Kier alpha value is -1.93. The number of carbonyl (C=O) groups is 1. The molecule has 140 valence electrons. The van der Waals surface area contributed by atoms with Gasteiger partial charge in [-0.05, 0) is 31.5 Å². The van der Waals surface area contributed by atoms with Crippen molar-refractivity contribution in [3.05, 3.63) is 24.5 Å². The molecule has 4 heterocycles. The molecule has 0 aromatic carbocycles. The van der Waals surface area contributed by atoms with Crippen LogP contribution in [0.3, 0.4) is 0 Å². The quantitative estimate of drug-likeness (QED) is 0.815. The summed E-state index contributed by atoms with van der Waals surface area (Å²) in [4.78, 5) is 19.7. The van der Waals surface area contributed by atoms with Gasteiger partial charge in [-0.15, -0.1) is 10.2 Å². The topological polar surface area (TPSA) is 57.5 Å². The Bertz CT molecular complexity index is 722. The van der Waals surface area contributed by atoms with Crippen LogP contribution in [0, 0.1) is 5.92 Å². The molecule has 0 bridgehead atoms. The molecular weight excluding hydrogens is 348 g/mol. The molecule has 8 heteroatoms. The average molecular weight is 375 g/mol. The zero-order valence-corrected chi connectivity index (χ0v) is 16.1. The van der Waals surface area contributed by atoms with Crippen LogP contribution in [0.5, 0.6) is 0 Å². The number of hydrogen-bond donors (Lipinski definition) is 0. The minimum absolute atomic E-state index is 0.0795. The number of amides is 1. The first kappa shape index (κ1) is 17.5. The van der Waals surface area contributed by atoms with Crippen LogP contribution in [0.2, 0.25) is 0 Å². The highest BCUT2D eigenvalue weighted by Crippen LogP contribution is 2.28. The van der Waals surface area contributed by atoms with Crippen molar-refractivity contribution < 1.29 is 4.79 Å². The molecular formula is C18H26N6OS. The Morgan fingerprint density at radius 1 is 1.12 bits per heavy atom. The third-order valence-electron chi connectivity index (χ3n) is 5.40. The van der Waals surface area contributed by atoms with Crippen LogP contribution in [-0.2, 0) is 4.79 Å². The van der Waals surface area contributed by atoms with E-state index in [0.717, 1.165) is 68.9 Å². The Morgan fingerprint density at radius 3 is 2.58 bits per heavy atom. The van der Waals surface area contributed by atoms with Crippen molar-refractivity contribution in [2.75, 3.05) is 50.7 Å². The molecule has 0 aliphatic carbocycles. The Balaban J connectivity index is 1.39. The van der Waals surface area contributed by atoms with E-state index in [1.54, 1.807) is 11.3 Å². The predicted octanol–water partition coefficient (Wildman–Crippen LogP) is 1.71. The lowest BCUT2D eigenvalue weighted by Crippen LogP contribution is -2.52. The van der Waals surface area contributed by atoms with Crippen molar-refractivity contribution >= 4 is 22.4 Å². The molecule has 0 unspecified atom stereocenters. The van der Waals surface area contributed by atoms with Gasteiger partial charge in [0.05, 0.1) is 5.92 Å². The van der Waals surface area contributed by atoms with Gasteiger partial charge in [0.2, 0.25) is 16.2 Å². The summed E-state index contributed by atoms with van der Waals surface area (Å²) in [7, 11) is 0. The second-order valence-corrected chi connectivity index (χ2v) is 7.94. The Labute approximate surface area is 158 Å². The summed E-state index contributed by atoms with van der Waals surface area (Å²) >= 11 is 1.58. The molecule has 0 saturated carbocycles.